The number of ether oxygens (including phenoxy) is 1. The highest BCUT2D eigenvalue weighted by atomic mass is 16.8. The zero-order valence-corrected chi connectivity index (χ0v) is 7.19. The molecule has 3 atom stereocenters. The van der Waals surface area contributed by atoms with Crippen LogP contribution in [0.4, 0.5) is 0 Å². The van der Waals surface area contributed by atoms with Gasteiger partial charge in [0.2, 0.25) is 0 Å². The Balaban J connectivity index is 1.74. The molecule has 0 aromatic heterocycles. The van der Waals surface area contributed by atoms with Gasteiger partial charge in [0.25, 0.3) is 0 Å². The van der Waals surface area contributed by atoms with E-state index in [4.69, 9.17) is 15.1 Å². The Morgan fingerprint density at radius 2 is 2.00 bits per heavy atom. The summed E-state index contributed by atoms with van der Waals surface area (Å²) in [4.78, 5) is 0. The second-order valence-electron chi connectivity index (χ2n) is 2.84. The summed E-state index contributed by atoms with van der Waals surface area (Å²) < 4.78 is 4.74. The minimum atomic E-state index is -0.860. The van der Waals surface area contributed by atoms with Gasteiger partial charge >= 0.3 is 0 Å². The molecule has 1 aliphatic heterocycles. The van der Waals surface area contributed by atoms with Crippen LogP contribution in [-0.4, -0.2) is 49.0 Å². The molecule has 7 nitrogen and oxygen atoms in total. The molecule has 7 heteroatoms. The Hall–Kier alpha value is -0.280. The third kappa shape index (κ3) is 5.11. The fraction of sp³-hybridized carbons (Fsp3) is 1.00. The number of hydrogen-bond donors (Lipinski definition) is 5. The van der Waals surface area contributed by atoms with Crippen molar-refractivity contribution in [3.05, 3.63) is 5.21 Å². The number of rotatable bonds is 7. The van der Waals surface area contributed by atoms with Crippen molar-refractivity contribution in [2.45, 2.75) is 12.4 Å². The molecular formula is C6H15N3O4. The maximum Gasteiger partial charge on any atom is 0.183 e. The van der Waals surface area contributed by atoms with Crippen LogP contribution in [0.1, 0.15) is 0 Å². The van der Waals surface area contributed by atoms with Gasteiger partial charge in [-0.25, -0.2) is 10.4 Å². The van der Waals surface area contributed by atoms with E-state index >= 15 is 0 Å². The molecule has 0 saturated carbocycles. The monoisotopic (exact) mass is 193 g/mol. The number of epoxide rings is 1. The fourth-order valence-electron chi connectivity index (χ4n) is 0.899. The highest BCUT2D eigenvalue weighted by Gasteiger charge is 2.35. The lowest BCUT2D eigenvalue weighted by molar-refractivity contribution is -1.05. The highest BCUT2D eigenvalue weighted by molar-refractivity contribution is 4.76. The summed E-state index contributed by atoms with van der Waals surface area (Å²) >= 11 is 0. The van der Waals surface area contributed by atoms with Crippen LogP contribution in [0.2, 0.25) is 0 Å². The minimum Gasteiger partial charge on any atom is -0.599 e. The molecule has 0 aromatic carbocycles. The Labute approximate surface area is 75.8 Å². The highest BCUT2D eigenvalue weighted by Crippen LogP contribution is 2.16. The van der Waals surface area contributed by atoms with Crippen LogP contribution in [0.25, 0.3) is 0 Å². The fourth-order valence-corrected chi connectivity index (χ4v) is 0.899. The normalized spacial score (nSPS) is 28.8. The van der Waals surface area contributed by atoms with E-state index < -0.39 is 11.5 Å². The quantitative estimate of drug-likeness (QED) is 0.125. The molecule has 1 saturated heterocycles. The van der Waals surface area contributed by atoms with Crippen LogP contribution in [0.3, 0.4) is 0 Å². The van der Waals surface area contributed by atoms with E-state index in [1.807, 2.05) is 0 Å². The predicted molar refractivity (Wildman–Crippen MR) is 42.7 cm³/mol. The van der Waals surface area contributed by atoms with Gasteiger partial charge in [-0.1, -0.05) is 0 Å². The van der Waals surface area contributed by atoms with E-state index in [0.29, 0.717) is 19.6 Å². The third-order valence-electron chi connectivity index (χ3n) is 1.66. The first-order chi connectivity index (χ1) is 6.20. The standard InChI is InChI=1S/C6H15N3O4/c10-6-5(13-6)3-7-1-2-8-4-9(11)12/h5-11H,1-4H2. The lowest BCUT2D eigenvalue weighted by atomic mass is 10.4. The Morgan fingerprint density at radius 3 is 2.54 bits per heavy atom. The van der Waals surface area contributed by atoms with Gasteiger partial charge in [-0.15, -0.1) is 0 Å². The molecule has 1 fully saturated rings. The second-order valence-corrected chi connectivity index (χ2v) is 2.84. The van der Waals surface area contributed by atoms with Gasteiger partial charge in [0.15, 0.2) is 13.0 Å². The van der Waals surface area contributed by atoms with Gasteiger partial charge in [-0.05, 0) is 0 Å². The summed E-state index contributed by atoms with van der Waals surface area (Å²) in [7, 11) is 0. The van der Waals surface area contributed by atoms with Crippen LogP contribution in [0.15, 0.2) is 0 Å². The zero-order valence-electron chi connectivity index (χ0n) is 7.19. The number of aliphatic hydroxyl groups excluding tert-OH is 1. The molecule has 1 aliphatic rings. The van der Waals surface area contributed by atoms with E-state index in [9.17, 15) is 5.21 Å². The Bertz CT molecular complexity index is 146. The first kappa shape index (κ1) is 10.8. The number of aliphatic hydroxyl groups is 1. The van der Waals surface area contributed by atoms with Crippen LogP contribution in [0, 0.1) is 5.21 Å². The van der Waals surface area contributed by atoms with Crippen LogP contribution >= 0.6 is 0 Å². The van der Waals surface area contributed by atoms with E-state index in [-0.39, 0.29) is 12.8 Å². The molecule has 0 bridgehead atoms. The van der Waals surface area contributed by atoms with Crippen LogP contribution in [0.5, 0.6) is 0 Å². The molecule has 13 heavy (non-hydrogen) atoms. The average Bonchev–Trinajstić information content (AvgIpc) is 2.74. The molecule has 1 heterocycles. The zero-order chi connectivity index (χ0) is 9.68. The first-order valence-corrected chi connectivity index (χ1v) is 4.17. The van der Waals surface area contributed by atoms with Gasteiger partial charge in [0.05, 0.1) is 0 Å². The maximum absolute atomic E-state index is 10.1. The van der Waals surface area contributed by atoms with Crippen molar-refractivity contribution in [3.8, 4) is 0 Å². The molecule has 0 aromatic rings. The van der Waals surface area contributed by atoms with Gasteiger partial charge < -0.3 is 20.4 Å². The second kappa shape index (κ2) is 5.45. The van der Waals surface area contributed by atoms with E-state index in [1.165, 1.54) is 0 Å². The van der Waals surface area contributed by atoms with E-state index in [2.05, 4.69) is 10.6 Å². The smallest absolute Gasteiger partial charge is 0.183 e. The number of nitrogens with one attached hydrogen (secondary N) is 3. The molecule has 1 rings (SSSR count). The molecule has 5 N–H and O–H groups in total. The van der Waals surface area contributed by atoms with Gasteiger partial charge in [-0.2, -0.15) is 0 Å². The lowest BCUT2D eigenvalue weighted by Crippen LogP contribution is -3.06. The van der Waals surface area contributed by atoms with E-state index in [0.717, 1.165) is 0 Å². The molecule has 0 amide bonds. The molecule has 0 aliphatic carbocycles. The van der Waals surface area contributed by atoms with Gasteiger partial charge in [-0.3, -0.25) is 5.32 Å². The summed E-state index contributed by atoms with van der Waals surface area (Å²) in [6.07, 6.45) is -0.695. The van der Waals surface area contributed by atoms with Crippen molar-refractivity contribution >= 4 is 0 Å². The topological polar surface area (TPSA) is 105 Å². The summed E-state index contributed by atoms with van der Waals surface area (Å²) in [6.45, 7) is 1.84. The largest absolute Gasteiger partial charge is 0.599 e. The number of hydroxylamine groups is 2. The van der Waals surface area contributed by atoms with Crippen molar-refractivity contribution in [2.75, 3.05) is 26.3 Å². The maximum atomic E-state index is 10.1. The van der Waals surface area contributed by atoms with Crippen LogP contribution < -0.4 is 15.9 Å². The van der Waals surface area contributed by atoms with Crippen molar-refractivity contribution < 1.29 is 20.3 Å². The Kier molecular flexibility index (Phi) is 4.53. The summed E-state index contributed by atoms with van der Waals surface area (Å²) in [5, 5.41) is 31.9. The molecular weight excluding hydrogens is 178 g/mol. The number of hydrogen-bond acceptors (Lipinski definition) is 6. The summed E-state index contributed by atoms with van der Waals surface area (Å²) in [5.74, 6) is 0. The summed E-state index contributed by atoms with van der Waals surface area (Å²) in [5.41, 5.74) is 0. The van der Waals surface area contributed by atoms with Gasteiger partial charge in [0, 0.05) is 19.6 Å². The minimum absolute atomic E-state index is 0.0236. The van der Waals surface area contributed by atoms with Gasteiger partial charge in [0.1, 0.15) is 6.10 Å². The molecule has 3 unspecified atom stereocenters. The third-order valence-corrected chi connectivity index (χ3v) is 1.66. The van der Waals surface area contributed by atoms with Crippen LogP contribution in [-0.2, 0) is 4.74 Å². The van der Waals surface area contributed by atoms with E-state index in [1.54, 1.807) is 0 Å². The molecule has 78 valence electrons. The SMILES string of the molecule is [O-][NH+](O)CNCCNCC1OC1O. The first-order valence-electron chi connectivity index (χ1n) is 4.17. The van der Waals surface area contributed by atoms with Crippen molar-refractivity contribution in [1.29, 1.82) is 0 Å². The predicted octanol–water partition coefficient (Wildman–Crippen LogP) is -3.39. The Morgan fingerprint density at radius 1 is 1.38 bits per heavy atom. The summed E-state index contributed by atoms with van der Waals surface area (Å²) in [6, 6.07) is 0. The van der Waals surface area contributed by atoms with Crippen molar-refractivity contribution in [3.63, 3.8) is 0 Å². The number of quaternary nitrogens is 1. The molecule has 0 spiro atoms. The van der Waals surface area contributed by atoms with Crippen molar-refractivity contribution in [1.82, 2.24) is 10.6 Å². The molecule has 0 radical (unpaired) electrons. The average molecular weight is 193 g/mol. The van der Waals surface area contributed by atoms with Crippen molar-refractivity contribution in [2.24, 2.45) is 0 Å². The lowest BCUT2D eigenvalue weighted by Gasteiger charge is -2.12.